The molecule has 3 nitrogen and oxygen atoms in total. The number of para-hydroxylation sites is 1. The summed E-state index contributed by atoms with van der Waals surface area (Å²) >= 11 is 0. The molecule has 1 aromatic carbocycles. The predicted octanol–water partition coefficient (Wildman–Crippen LogP) is 2.96. The van der Waals surface area contributed by atoms with Gasteiger partial charge in [0.2, 0.25) is 0 Å². The summed E-state index contributed by atoms with van der Waals surface area (Å²) < 4.78 is 5.12. The Bertz CT molecular complexity index is 348. The molecule has 0 aromatic heterocycles. The number of ether oxygens (including phenoxy) is 1. The lowest BCUT2D eigenvalue weighted by molar-refractivity contribution is -0.144. The molecule has 0 heterocycles. The number of esters is 1. The fourth-order valence-corrected chi connectivity index (χ4v) is 1.36. The molecule has 0 atom stereocenters. The van der Waals surface area contributed by atoms with Gasteiger partial charge >= 0.3 is 5.97 Å². The van der Waals surface area contributed by atoms with Crippen molar-refractivity contribution in [1.29, 1.82) is 0 Å². The van der Waals surface area contributed by atoms with Crippen LogP contribution in [0.1, 0.15) is 32.8 Å². The van der Waals surface area contributed by atoms with Crippen molar-refractivity contribution in [2.45, 2.75) is 39.8 Å². The number of benzene rings is 1. The van der Waals surface area contributed by atoms with Gasteiger partial charge in [-0.25, -0.2) is 0 Å². The van der Waals surface area contributed by atoms with Crippen LogP contribution in [-0.4, -0.2) is 12.0 Å². The Labute approximate surface area is 96.8 Å². The number of rotatable bonds is 5. The predicted molar refractivity (Wildman–Crippen MR) is 65.3 cm³/mol. The molecule has 16 heavy (non-hydrogen) atoms. The lowest BCUT2D eigenvalue weighted by Gasteiger charge is -2.14. The van der Waals surface area contributed by atoms with Gasteiger partial charge in [-0.15, -0.1) is 0 Å². The van der Waals surface area contributed by atoms with E-state index in [0.717, 1.165) is 11.3 Å². The van der Waals surface area contributed by atoms with Crippen LogP contribution < -0.4 is 5.32 Å². The van der Waals surface area contributed by atoms with Crippen molar-refractivity contribution in [3.8, 4) is 0 Å². The van der Waals surface area contributed by atoms with E-state index in [1.165, 1.54) is 0 Å². The van der Waals surface area contributed by atoms with Crippen molar-refractivity contribution in [1.82, 2.24) is 0 Å². The summed E-state index contributed by atoms with van der Waals surface area (Å²) in [6.07, 6.45) is 0.416. The van der Waals surface area contributed by atoms with Crippen LogP contribution in [0.5, 0.6) is 0 Å². The first kappa shape index (κ1) is 12.6. The molecule has 0 aliphatic heterocycles. The first-order valence-electron chi connectivity index (χ1n) is 5.63. The zero-order chi connectivity index (χ0) is 12.0. The second-order valence-electron chi connectivity index (χ2n) is 3.97. The largest absolute Gasteiger partial charge is 0.461 e. The molecule has 0 saturated carbocycles. The van der Waals surface area contributed by atoms with Crippen molar-refractivity contribution in [3.63, 3.8) is 0 Å². The first-order chi connectivity index (χ1) is 7.63. The lowest BCUT2D eigenvalue weighted by Crippen LogP contribution is -2.12. The molecule has 1 aromatic rings. The van der Waals surface area contributed by atoms with E-state index in [4.69, 9.17) is 4.74 Å². The summed E-state index contributed by atoms with van der Waals surface area (Å²) in [6.45, 7) is 6.28. The maximum Gasteiger partial charge on any atom is 0.305 e. The lowest BCUT2D eigenvalue weighted by atomic mass is 10.1. The Morgan fingerprint density at radius 3 is 2.69 bits per heavy atom. The molecular weight excluding hydrogens is 202 g/mol. The molecule has 0 aliphatic carbocycles. The van der Waals surface area contributed by atoms with E-state index in [1.807, 2.05) is 24.3 Å². The van der Waals surface area contributed by atoms with Crippen molar-refractivity contribution >= 4 is 11.7 Å². The summed E-state index contributed by atoms with van der Waals surface area (Å²) in [4.78, 5) is 11.1. The van der Waals surface area contributed by atoms with Gasteiger partial charge in [0.1, 0.15) is 6.61 Å². The highest BCUT2D eigenvalue weighted by Crippen LogP contribution is 2.17. The molecule has 0 radical (unpaired) electrons. The van der Waals surface area contributed by atoms with Crippen LogP contribution >= 0.6 is 0 Å². The average molecular weight is 221 g/mol. The number of hydrogen-bond acceptors (Lipinski definition) is 3. The van der Waals surface area contributed by atoms with Crippen molar-refractivity contribution in [3.05, 3.63) is 29.8 Å². The van der Waals surface area contributed by atoms with E-state index in [-0.39, 0.29) is 5.97 Å². The van der Waals surface area contributed by atoms with Gasteiger partial charge in [-0.2, -0.15) is 0 Å². The molecule has 88 valence electrons. The highest BCUT2D eigenvalue weighted by Gasteiger charge is 2.05. The van der Waals surface area contributed by atoms with E-state index in [0.29, 0.717) is 19.1 Å². The minimum absolute atomic E-state index is 0.167. The topological polar surface area (TPSA) is 38.3 Å². The Kier molecular flexibility index (Phi) is 4.83. The van der Waals surface area contributed by atoms with Crippen LogP contribution in [0.15, 0.2) is 24.3 Å². The SMILES string of the molecule is CCC(=O)OCc1ccccc1NC(C)C. The molecule has 3 heteroatoms. The molecule has 1 rings (SSSR count). The van der Waals surface area contributed by atoms with Gasteiger partial charge in [-0.1, -0.05) is 25.1 Å². The van der Waals surface area contributed by atoms with Gasteiger partial charge in [0, 0.05) is 23.7 Å². The van der Waals surface area contributed by atoms with Gasteiger partial charge in [-0.3, -0.25) is 4.79 Å². The zero-order valence-electron chi connectivity index (χ0n) is 10.1. The average Bonchev–Trinajstić information content (AvgIpc) is 2.26. The maximum absolute atomic E-state index is 11.1. The van der Waals surface area contributed by atoms with Crippen LogP contribution in [0.25, 0.3) is 0 Å². The van der Waals surface area contributed by atoms with E-state index in [2.05, 4.69) is 19.2 Å². The molecule has 0 aliphatic rings. The van der Waals surface area contributed by atoms with E-state index >= 15 is 0 Å². The molecule has 0 fully saturated rings. The standard InChI is InChI=1S/C13H19NO2/c1-4-13(15)16-9-11-7-5-6-8-12(11)14-10(2)3/h5-8,10,14H,4,9H2,1-3H3. The minimum atomic E-state index is -0.167. The third kappa shape index (κ3) is 3.93. The number of hydrogen-bond donors (Lipinski definition) is 1. The van der Waals surface area contributed by atoms with Crippen molar-refractivity contribution < 1.29 is 9.53 Å². The summed E-state index contributed by atoms with van der Waals surface area (Å²) in [7, 11) is 0. The number of anilines is 1. The fourth-order valence-electron chi connectivity index (χ4n) is 1.36. The Morgan fingerprint density at radius 2 is 2.06 bits per heavy atom. The molecular formula is C13H19NO2. The van der Waals surface area contributed by atoms with Crippen LogP contribution in [0.4, 0.5) is 5.69 Å². The Balaban J connectivity index is 2.67. The van der Waals surface area contributed by atoms with Gasteiger partial charge in [0.05, 0.1) is 0 Å². The zero-order valence-corrected chi connectivity index (χ0v) is 10.1. The first-order valence-corrected chi connectivity index (χ1v) is 5.63. The molecule has 0 spiro atoms. The molecule has 0 amide bonds. The van der Waals surface area contributed by atoms with E-state index in [9.17, 15) is 4.79 Å². The second kappa shape index (κ2) is 6.16. The fraction of sp³-hybridized carbons (Fsp3) is 0.462. The number of nitrogens with one attached hydrogen (secondary N) is 1. The maximum atomic E-state index is 11.1. The van der Waals surface area contributed by atoms with Gasteiger partial charge in [-0.05, 0) is 19.9 Å². The quantitative estimate of drug-likeness (QED) is 0.777. The van der Waals surface area contributed by atoms with Crippen LogP contribution in [0.3, 0.4) is 0 Å². The molecule has 0 unspecified atom stereocenters. The summed E-state index contributed by atoms with van der Waals surface area (Å²) in [5, 5.41) is 3.32. The van der Waals surface area contributed by atoms with Gasteiger partial charge in [0.15, 0.2) is 0 Å². The smallest absolute Gasteiger partial charge is 0.305 e. The van der Waals surface area contributed by atoms with Crippen molar-refractivity contribution in [2.24, 2.45) is 0 Å². The van der Waals surface area contributed by atoms with Crippen molar-refractivity contribution in [2.75, 3.05) is 5.32 Å². The van der Waals surface area contributed by atoms with Gasteiger partial charge in [0.25, 0.3) is 0 Å². The Hall–Kier alpha value is -1.51. The van der Waals surface area contributed by atoms with Gasteiger partial charge < -0.3 is 10.1 Å². The van der Waals surface area contributed by atoms with E-state index in [1.54, 1.807) is 6.92 Å². The highest BCUT2D eigenvalue weighted by molar-refractivity contribution is 5.69. The summed E-state index contributed by atoms with van der Waals surface area (Å²) in [5.74, 6) is -0.167. The summed E-state index contributed by atoms with van der Waals surface area (Å²) in [6, 6.07) is 8.24. The number of carbonyl (C=O) groups excluding carboxylic acids is 1. The Morgan fingerprint density at radius 1 is 1.38 bits per heavy atom. The second-order valence-corrected chi connectivity index (χ2v) is 3.97. The highest BCUT2D eigenvalue weighted by atomic mass is 16.5. The third-order valence-electron chi connectivity index (χ3n) is 2.14. The molecule has 0 bridgehead atoms. The summed E-state index contributed by atoms with van der Waals surface area (Å²) in [5.41, 5.74) is 2.04. The van der Waals surface area contributed by atoms with Crippen LogP contribution in [-0.2, 0) is 16.1 Å². The minimum Gasteiger partial charge on any atom is -0.461 e. The molecule has 0 saturated heterocycles. The van der Waals surface area contributed by atoms with Crippen LogP contribution in [0.2, 0.25) is 0 Å². The van der Waals surface area contributed by atoms with E-state index < -0.39 is 0 Å². The molecule has 1 N–H and O–H groups in total. The monoisotopic (exact) mass is 221 g/mol. The normalized spacial score (nSPS) is 10.2. The number of carbonyl (C=O) groups is 1. The van der Waals surface area contributed by atoms with Crippen LogP contribution in [0, 0.1) is 0 Å². The third-order valence-corrected chi connectivity index (χ3v) is 2.14.